The lowest BCUT2D eigenvalue weighted by atomic mass is 9.78. The van der Waals surface area contributed by atoms with Gasteiger partial charge in [0.1, 0.15) is 28.6 Å². The highest BCUT2D eigenvalue weighted by Gasteiger charge is 2.78. The predicted molar refractivity (Wildman–Crippen MR) is 124 cm³/mol. The second kappa shape index (κ2) is 10.5. The molecule has 0 saturated heterocycles. The highest BCUT2D eigenvalue weighted by atomic mass is 35.5. The van der Waals surface area contributed by atoms with Crippen molar-refractivity contribution in [3.8, 4) is 17.6 Å². The van der Waals surface area contributed by atoms with Gasteiger partial charge in [-0.3, -0.25) is 4.79 Å². The molecular weight excluding hydrogens is 540 g/mol. The molecule has 3 atom stereocenters. The van der Waals surface area contributed by atoms with Gasteiger partial charge in [0.25, 0.3) is 0 Å². The van der Waals surface area contributed by atoms with Gasteiger partial charge in [0.2, 0.25) is 0 Å². The molecule has 1 aliphatic carbocycles. The van der Waals surface area contributed by atoms with E-state index in [1.54, 1.807) is 36.4 Å². The Morgan fingerprint density at radius 3 is 2.29 bits per heavy atom. The van der Waals surface area contributed by atoms with Crippen molar-refractivity contribution in [3.63, 3.8) is 0 Å². The number of carboxylic acid groups (broad SMARTS) is 1. The molecule has 0 spiro atoms. The van der Waals surface area contributed by atoms with Crippen molar-refractivity contribution in [2.45, 2.75) is 38.2 Å². The normalized spacial score (nSPS) is 22.0. The number of benzene rings is 2. The van der Waals surface area contributed by atoms with E-state index in [0.29, 0.717) is 11.8 Å². The molecule has 38 heavy (non-hydrogen) atoms. The standard InChI is InChI=1S/C26H22ClF6NO4/c1-23(2)19(12-20(27)26(32,33)37-14-24(30,31)21(28)29)25(23,22(35)36)18(13-34)15-7-6-10-17(11-15)38-16-8-4-3-5-9-16/h3-12,18-19,21H,14H2,1-2H3,(H,35,36). The van der Waals surface area contributed by atoms with E-state index in [0.717, 1.165) is 0 Å². The van der Waals surface area contributed by atoms with Gasteiger partial charge in [-0.15, -0.1) is 0 Å². The van der Waals surface area contributed by atoms with Crippen molar-refractivity contribution < 1.29 is 45.7 Å². The second-order valence-corrected chi connectivity index (χ2v) is 9.71. The summed E-state index contributed by atoms with van der Waals surface area (Å²) in [6.45, 7) is 0.519. The van der Waals surface area contributed by atoms with Crippen LogP contribution in [-0.2, 0) is 9.53 Å². The minimum atomic E-state index is -4.86. The molecule has 0 amide bonds. The van der Waals surface area contributed by atoms with Crippen LogP contribution in [0.25, 0.3) is 0 Å². The lowest BCUT2D eigenvalue weighted by molar-refractivity contribution is -0.258. The second-order valence-electron chi connectivity index (χ2n) is 9.31. The van der Waals surface area contributed by atoms with E-state index in [1.807, 2.05) is 6.07 Å². The largest absolute Gasteiger partial charge is 0.481 e. The summed E-state index contributed by atoms with van der Waals surface area (Å²) in [6, 6.07) is 16.6. The summed E-state index contributed by atoms with van der Waals surface area (Å²) in [5, 5.41) is 18.8. The third kappa shape index (κ3) is 5.33. The molecule has 2 aromatic carbocycles. The van der Waals surface area contributed by atoms with E-state index in [9.17, 15) is 41.5 Å². The number of nitrogens with zero attached hydrogens (tertiary/aromatic N) is 1. The summed E-state index contributed by atoms with van der Waals surface area (Å²) in [4.78, 5) is 12.6. The average Bonchev–Trinajstić information content (AvgIpc) is 3.33. The molecule has 204 valence electrons. The zero-order chi connectivity index (χ0) is 28.5. The lowest BCUT2D eigenvalue weighted by Crippen LogP contribution is -2.36. The first-order valence-corrected chi connectivity index (χ1v) is 11.5. The van der Waals surface area contributed by atoms with Crippen LogP contribution in [0.5, 0.6) is 11.5 Å². The first-order chi connectivity index (χ1) is 17.6. The highest BCUT2D eigenvalue weighted by Crippen LogP contribution is 2.75. The number of nitriles is 1. The van der Waals surface area contributed by atoms with E-state index < -0.39 is 58.7 Å². The Labute approximate surface area is 219 Å². The van der Waals surface area contributed by atoms with Crippen molar-refractivity contribution in [1.29, 1.82) is 5.26 Å². The Hall–Kier alpha value is -3.23. The van der Waals surface area contributed by atoms with Crippen molar-refractivity contribution in [2.24, 2.45) is 16.7 Å². The van der Waals surface area contributed by atoms with Gasteiger partial charge in [-0.25, -0.2) is 8.78 Å². The zero-order valence-electron chi connectivity index (χ0n) is 20.0. The molecule has 3 unspecified atom stereocenters. The molecule has 0 aliphatic heterocycles. The summed E-state index contributed by atoms with van der Waals surface area (Å²) < 4.78 is 88.9. The van der Waals surface area contributed by atoms with Gasteiger partial charge in [-0.05, 0) is 35.2 Å². The number of ether oxygens (including phenoxy) is 2. The lowest BCUT2D eigenvalue weighted by Gasteiger charge is -2.23. The number of hydrogen-bond donors (Lipinski definition) is 1. The maximum Gasteiger partial charge on any atom is 0.393 e. The SMILES string of the molecule is CC1(C)C(C=C(Cl)C(F)(F)OCC(F)(F)C(F)F)C1(C(=O)O)C(C#N)c1cccc(Oc2ccccc2)c1. The van der Waals surface area contributed by atoms with Crippen molar-refractivity contribution in [3.05, 3.63) is 71.3 Å². The van der Waals surface area contributed by atoms with Crippen LogP contribution in [-0.4, -0.2) is 36.1 Å². The molecule has 12 heteroatoms. The van der Waals surface area contributed by atoms with Crippen LogP contribution in [0.15, 0.2) is 65.7 Å². The number of rotatable bonds is 11. The number of para-hydroxylation sites is 1. The van der Waals surface area contributed by atoms with Gasteiger partial charge < -0.3 is 14.6 Å². The zero-order valence-corrected chi connectivity index (χ0v) is 20.7. The highest BCUT2D eigenvalue weighted by molar-refractivity contribution is 6.30. The van der Waals surface area contributed by atoms with Gasteiger partial charge in [0, 0.05) is 5.92 Å². The fourth-order valence-corrected chi connectivity index (χ4v) is 4.83. The van der Waals surface area contributed by atoms with Gasteiger partial charge in [-0.2, -0.15) is 22.8 Å². The topological polar surface area (TPSA) is 79.5 Å². The monoisotopic (exact) mass is 561 g/mol. The first kappa shape index (κ1) is 29.3. The quantitative estimate of drug-likeness (QED) is 0.288. The molecule has 1 aliphatic rings. The van der Waals surface area contributed by atoms with Crippen LogP contribution in [0.4, 0.5) is 26.3 Å². The van der Waals surface area contributed by atoms with E-state index in [1.165, 1.54) is 32.0 Å². The molecule has 1 saturated carbocycles. The van der Waals surface area contributed by atoms with Gasteiger partial charge in [-0.1, -0.05) is 61.9 Å². The number of aliphatic carboxylic acids is 1. The molecule has 1 N–H and O–H groups in total. The third-order valence-corrected chi connectivity index (χ3v) is 7.06. The van der Waals surface area contributed by atoms with Crippen molar-refractivity contribution in [1.82, 2.24) is 0 Å². The molecule has 0 aromatic heterocycles. The Morgan fingerprint density at radius 1 is 1.13 bits per heavy atom. The average molecular weight is 562 g/mol. The smallest absolute Gasteiger partial charge is 0.393 e. The number of carbonyl (C=O) groups is 1. The number of allylic oxidation sites excluding steroid dienone is 1. The Kier molecular flexibility index (Phi) is 8.10. The molecule has 5 nitrogen and oxygen atoms in total. The first-order valence-electron chi connectivity index (χ1n) is 11.1. The maximum absolute atomic E-state index is 14.3. The van der Waals surface area contributed by atoms with Crippen molar-refractivity contribution >= 4 is 17.6 Å². The Morgan fingerprint density at radius 2 is 1.74 bits per heavy atom. The van der Waals surface area contributed by atoms with Crippen molar-refractivity contribution in [2.75, 3.05) is 6.61 Å². The summed E-state index contributed by atoms with van der Waals surface area (Å²) in [5.41, 5.74) is -3.06. The summed E-state index contributed by atoms with van der Waals surface area (Å²) in [6.07, 6.45) is -8.25. The van der Waals surface area contributed by atoms with Crippen LogP contribution in [0.2, 0.25) is 0 Å². The molecule has 2 aromatic rings. The van der Waals surface area contributed by atoms with E-state index in [-0.39, 0.29) is 11.3 Å². The van der Waals surface area contributed by atoms with E-state index in [2.05, 4.69) is 4.74 Å². The Bertz CT molecular complexity index is 1250. The molecule has 0 heterocycles. The molecular formula is C26H22ClF6NO4. The summed E-state index contributed by atoms with van der Waals surface area (Å²) >= 11 is 5.64. The van der Waals surface area contributed by atoms with Crippen LogP contribution < -0.4 is 4.74 Å². The Balaban J connectivity index is 1.94. The summed E-state index contributed by atoms with van der Waals surface area (Å²) in [5.74, 6) is -8.24. The third-order valence-electron chi connectivity index (χ3n) is 6.72. The van der Waals surface area contributed by atoms with Crippen LogP contribution in [0, 0.1) is 28.1 Å². The number of halogens is 7. The van der Waals surface area contributed by atoms with Crippen LogP contribution in [0.3, 0.4) is 0 Å². The maximum atomic E-state index is 14.3. The minimum Gasteiger partial charge on any atom is -0.481 e. The van der Waals surface area contributed by atoms with Crippen LogP contribution in [0.1, 0.15) is 25.3 Å². The molecule has 1 fully saturated rings. The van der Waals surface area contributed by atoms with Crippen LogP contribution >= 0.6 is 11.6 Å². The number of carboxylic acids is 1. The molecule has 3 rings (SSSR count). The summed E-state index contributed by atoms with van der Waals surface area (Å²) in [7, 11) is 0. The van der Waals surface area contributed by atoms with E-state index >= 15 is 0 Å². The number of hydrogen-bond acceptors (Lipinski definition) is 4. The van der Waals surface area contributed by atoms with Gasteiger partial charge >= 0.3 is 24.4 Å². The fourth-order valence-electron chi connectivity index (χ4n) is 4.64. The number of alkyl halides is 6. The molecule has 0 bridgehead atoms. The fraction of sp³-hybridized carbons (Fsp3) is 0.385. The predicted octanol–water partition coefficient (Wildman–Crippen LogP) is 7.45. The molecule has 0 radical (unpaired) electrons. The van der Waals surface area contributed by atoms with E-state index in [4.69, 9.17) is 16.3 Å². The minimum absolute atomic E-state index is 0.225. The van der Waals surface area contributed by atoms with Gasteiger partial charge in [0.05, 0.1) is 12.0 Å². The van der Waals surface area contributed by atoms with Gasteiger partial charge in [0.15, 0.2) is 0 Å².